The van der Waals surface area contributed by atoms with Gasteiger partial charge in [0.2, 0.25) is 5.88 Å². The molecule has 0 N–H and O–H groups in total. The van der Waals surface area contributed by atoms with Crippen LogP contribution in [0.25, 0.3) is 11.5 Å². The number of ether oxygens (including phenoxy) is 1. The van der Waals surface area contributed by atoms with Crippen LogP contribution in [0.15, 0.2) is 53.9 Å². The van der Waals surface area contributed by atoms with Crippen molar-refractivity contribution in [2.45, 2.75) is 25.0 Å². The van der Waals surface area contributed by atoms with Crippen LogP contribution in [0.3, 0.4) is 0 Å². The Labute approximate surface area is 181 Å². The number of aromatic nitrogens is 7. The van der Waals surface area contributed by atoms with Gasteiger partial charge in [0, 0.05) is 24.1 Å². The van der Waals surface area contributed by atoms with Crippen LogP contribution in [0.1, 0.15) is 23.4 Å². The molecule has 10 nitrogen and oxygen atoms in total. The van der Waals surface area contributed by atoms with E-state index in [0.717, 1.165) is 6.26 Å². The molecule has 0 aliphatic heterocycles. The number of hydrogen-bond acceptors (Lipinski definition) is 8. The van der Waals surface area contributed by atoms with Gasteiger partial charge in [-0.15, -0.1) is 15.3 Å². The molecule has 0 spiro atoms. The summed E-state index contributed by atoms with van der Waals surface area (Å²) in [6.07, 6.45) is 1.18. The molecule has 0 saturated carbocycles. The van der Waals surface area contributed by atoms with Gasteiger partial charge in [-0.3, -0.25) is 4.57 Å². The second-order valence-corrected chi connectivity index (χ2v) is 8.80. The molecule has 0 amide bonds. The molecule has 1 aromatic carbocycles. The van der Waals surface area contributed by atoms with Crippen molar-refractivity contribution < 1.29 is 21.9 Å². The number of aryl methyl sites for hydroxylation is 1. The number of sulfone groups is 1. The summed E-state index contributed by atoms with van der Waals surface area (Å²) >= 11 is 0. The lowest BCUT2D eigenvalue weighted by molar-refractivity contribution is 0.151. The second kappa shape index (κ2) is 8.42. The second-order valence-electron chi connectivity index (χ2n) is 6.84. The predicted molar refractivity (Wildman–Crippen MR) is 108 cm³/mol. The fourth-order valence-electron chi connectivity index (χ4n) is 2.80. The highest BCUT2D eigenvalue weighted by Gasteiger charge is 2.15. The van der Waals surface area contributed by atoms with Crippen molar-refractivity contribution in [1.29, 1.82) is 0 Å². The highest BCUT2D eigenvalue weighted by molar-refractivity contribution is 7.90. The predicted octanol–water partition coefficient (Wildman–Crippen LogP) is 2.47. The third kappa shape index (κ3) is 4.46. The molecular formula is C19H17F2N7O3S. The molecule has 3 heterocycles. The van der Waals surface area contributed by atoms with E-state index in [1.165, 1.54) is 46.0 Å². The van der Waals surface area contributed by atoms with E-state index in [-0.39, 0.29) is 23.1 Å². The topological polar surface area (TPSA) is 118 Å². The first-order chi connectivity index (χ1) is 15.2. The first-order valence-corrected chi connectivity index (χ1v) is 11.1. The Morgan fingerprint density at radius 1 is 1.06 bits per heavy atom. The summed E-state index contributed by atoms with van der Waals surface area (Å²) in [6, 6.07) is 8.90. The first kappa shape index (κ1) is 21.5. The molecule has 3 aromatic heterocycles. The van der Waals surface area contributed by atoms with Crippen LogP contribution in [0.5, 0.6) is 5.88 Å². The van der Waals surface area contributed by atoms with E-state index in [0.29, 0.717) is 22.9 Å². The maximum Gasteiger partial charge on any atom is 0.263 e. The van der Waals surface area contributed by atoms with E-state index in [1.807, 2.05) is 0 Å². The summed E-state index contributed by atoms with van der Waals surface area (Å²) in [4.78, 5) is 3.84. The van der Waals surface area contributed by atoms with Crippen molar-refractivity contribution in [2.24, 2.45) is 0 Å². The summed E-state index contributed by atoms with van der Waals surface area (Å²) in [5.74, 6) is 0.583. The molecule has 4 aromatic rings. The lowest BCUT2D eigenvalue weighted by atomic mass is 10.2. The van der Waals surface area contributed by atoms with Gasteiger partial charge in [0.25, 0.3) is 6.43 Å². The third-order valence-corrected chi connectivity index (χ3v) is 5.50. The van der Waals surface area contributed by atoms with Crippen LogP contribution in [-0.2, 0) is 16.4 Å². The molecular weight excluding hydrogens is 444 g/mol. The van der Waals surface area contributed by atoms with Gasteiger partial charge in [0.15, 0.2) is 20.7 Å². The maximum absolute atomic E-state index is 12.8. The van der Waals surface area contributed by atoms with Crippen LogP contribution >= 0.6 is 0 Å². The highest BCUT2D eigenvalue weighted by atomic mass is 32.2. The fourth-order valence-corrected chi connectivity index (χ4v) is 3.35. The smallest absolute Gasteiger partial charge is 0.263 e. The Kier molecular flexibility index (Phi) is 5.65. The van der Waals surface area contributed by atoms with Gasteiger partial charge in [0.1, 0.15) is 18.6 Å². The van der Waals surface area contributed by atoms with E-state index < -0.39 is 16.3 Å². The Hall–Kier alpha value is -3.74. The summed E-state index contributed by atoms with van der Waals surface area (Å²) in [6.45, 7) is 1.82. The van der Waals surface area contributed by atoms with Gasteiger partial charge in [-0.05, 0) is 25.1 Å². The summed E-state index contributed by atoms with van der Waals surface area (Å²) in [7, 11) is -3.43. The minimum Gasteiger partial charge on any atom is -0.470 e. The van der Waals surface area contributed by atoms with Crippen LogP contribution in [0.2, 0.25) is 0 Å². The molecule has 0 unspecified atom stereocenters. The molecule has 166 valence electrons. The highest BCUT2D eigenvalue weighted by Crippen LogP contribution is 2.21. The number of benzene rings is 1. The lowest BCUT2D eigenvalue weighted by Gasteiger charge is -2.09. The molecule has 0 atom stereocenters. The average Bonchev–Trinajstić information content (AvgIpc) is 3.40. The molecule has 0 radical (unpaired) electrons. The standard InChI is InChI=1S/C19H17F2N7O3S/c1-12-15(28(26-23-12)14-5-3-13(4-6-14)19(20)21)10-31-17-8-7-16(24-25-17)27-9-18(22-11-27)32(2,29)30/h3-9,11,19H,10H2,1-2H3. The van der Waals surface area contributed by atoms with E-state index in [1.54, 1.807) is 19.1 Å². The Balaban J connectivity index is 1.48. The van der Waals surface area contributed by atoms with Crippen molar-refractivity contribution in [3.8, 4) is 17.4 Å². The minimum atomic E-state index is -3.43. The van der Waals surface area contributed by atoms with Crippen LogP contribution in [0, 0.1) is 6.92 Å². The number of rotatable bonds is 7. The van der Waals surface area contributed by atoms with Crippen molar-refractivity contribution in [1.82, 2.24) is 34.7 Å². The van der Waals surface area contributed by atoms with E-state index >= 15 is 0 Å². The molecule has 0 aliphatic rings. The van der Waals surface area contributed by atoms with Gasteiger partial charge < -0.3 is 4.74 Å². The Bertz CT molecular complexity index is 1330. The molecule has 32 heavy (non-hydrogen) atoms. The van der Waals surface area contributed by atoms with Crippen LogP contribution in [-0.4, -0.2) is 49.4 Å². The molecule has 0 bridgehead atoms. The molecule has 13 heteroatoms. The molecule has 4 rings (SSSR count). The normalized spacial score (nSPS) is 11.8. The Morgan fingerprint density at radius 3 is 2.41 bits per heavy atom. The fraction of sp³-hybridized carbons (Fsp3) is 0.211. The summed E-state index contributed by atoms with van der Waals surface area (Å²) in [5, 5.41) is 16.0. The van der Waals surface area contributed by atoms with Crippen molar-refractivity contribution in [3.63, 3.8) is 0 Å². The maximum atomic E-state index is 12.8. The van der Waals surface area contributed by atoms with Crippen molar-refractivity contribution >= 4 is 9.84 Å². The zero-order valence-corrected chi connectivity index (χ0v) is 17.7. The van der Waals surface area contributed by atoms with Gasteiger partial charge in [0.05, 0.1) is 11.4 Å². The number of imidazole rings is 1. The zero-order valence-electron chi connectivity index (χ0n) is 16.9. The van der Waals surface area contributed by atoms with E-state index in [2.05, 4.69) is 25.5 Å². The minimum absolute atomic E-state index is 0.0623. The van der Waals surface area contributed by atoms with Gasteiger partial charge in [-0.25, -0.2) is 26.9 Å². The Morgan fingerprint density at radius 2 is 1.81 bits per heavy atom. The molecule has 0 fully saturated rings. The largest absolute Gasteiger partial charge is 0.470 e. The molecule has 0 aliphatic carbocycles. The SMILES string of the molecule is Cc1nnn(-c2ccc(C(F)F)cc2)c1COc1ccc(-n2cnc(S(C)(=O)=O)c2)nn1. The van der Waals surface area contributed by atoms with Crippen LogP contribution < -0.4 is 4.74 Å². The number of alkyl halides is 2. The first-order valence-electron chi connectivity index (χ1n) is 9.23. The van der Waals surface area contributed by atoms with Gasteiger partial charge >= 0.3 is 0 Å². The van der Waals surface area contributed by atoms with E-state index in [4.69, 9.17) is 4.74 Å². The van der Waals surface area contributed by atoms with Crippen molar-refractivity contribution in [3.05, 3.63) is 65.9 Å². The third-order valence-electron chi connectivity index (χ3n) is 4.53. The van der Waals surface area contributed by atoms with Crippen molar-refractivity contribution in [2.75, 3.05) is 6.26 Å². The molecule has 0 saturated heterocycles. The average molecular weight is 461 g/mol. The summed E-state index contributed by atoms with van der Waals surface area (Å²) < 4.78 is 57.3. The van der Waals surface area contributed by atoms with Crippen LogP contribution in [0.4, 0.5) is 8.78 Å². The number of halogens is 2. The van der Waals surface area contributed by atoms with E-state index in [9.17, 15) is 17.2 Å². The van der Waals surface area contributed by atoms with Gasteiger partial charge in [-0.1, -0.05) is 17.3 Å². The quantitative estimate of drug-likeness (QED) is 0.412. The number of hydrogen-bond donors (Lipinski definition) is 0. The lowest BCUT2D eigenvalue weighted by Crippen LogP contribution is -2.08. The monoisotopic (exact) mass is 461 g/mol. The summed E-state index contributed by atoms with van der Waals surface area (Å²) in [5.41, 5.74) is 1.71. The zero-order chi connectivity index (χ0) is 22.9. The van der Waals surface area contributed by atoms with Gasteiger partial charge in [-0.2, -0.15) is 0 Å². The number of nitrogens with zero attached hydrogens (tertiary/aromatic N) is 7.